The van der Waals surface area contributed by atoms with Crippen LogP contribution in [0.1, 0.15) is 37.9 Å². The standard InChI is InChI=1S/C22H28N4O5S/c1-2-32(29,30)16-15-25-14-10-23-21(25)17-7-11-24(12-8-17)20(27)9-13-26-18-5-3-4-6-19(18)31-22(26)28/h3-6,10,14,17H,2,7-9,11-13,15-16H2,1H3. The molecule has 1 aliphatic heterocycles. The summed E-state index contributed by atoms with van der Waals surface area (Å²) in [5.74, 6) is 0.885. The number of carbonyl (C=O) groups excluding carboxylic acids is 1. The van der Waals surface area contributed by atoms with Crippen LogP contribution < -0.4 is 5.76 Å². The first kappa shape index (κ1) is 22.3. The van der Waals surface area contributed by atoms with Crippen molar-refractivity contribution in [2.45, 2.75) is 45.2 Å². The number of aromatic nitrogens is 3. The van der Waals surface area contributed by atoms with E-state index in [1.807, 2.05) is 27.8 Å². The Labute approximate surface area is 186 Å². The number of hydrogen-bond donors (Lipinski definition) is 0. The second-order valence-electron chi connectivity index (χ2n) is 8.11. The fourth-order valence-corrected chi connectivity index (χ4v) is 4.99. The van der Waals surface area contributed by atoms with Gasteiger partial charge < -0.3 is 13.9 Å². The molecule has 0 unspecified atom stereocenters. The largest absolute Gasteiger partial charge is 0.419 e. The van der Waals surface area contributed by atoms with Crippen molar-refractivity contribution in [3.05, 3.63) is 53.0 Å². The number of benzene rings is 1. The molecule has 4 rings (SSSR count). The van der Waals surface area contributed by atoms with E-state index < -0.39 is 15.6 Å². The molecule has 0 saturated carbocycles. The lowest BCUT2D eigenvalue weighted by Crippen LogP contribution is -2.39. The summed E-state index contributed by atoms with van der Waals surface area (Å²) in [5.41, 5.74) is 1.22. The number of rotatable bonds is 8. The van der Waals surface area contributed by atoms with Crippen LogP contribution in [0.4, 0.5) is 0 Å². The van der Waals surface area contributed by atoms with Gasteiger partial charge in [-0.05, 0) is 25.0 Å². The van der Waals surface area contributed by atoms with Crippen LogP contribution >= 0.6 is 0 Å². The first-order chi connectivity index (χ1) is 15.4. The van der Waals surface area contributed by atoms with Crippen molar-refractivity contribution in [1.29, 1.82) is 0 Å². The minimum absolute atomic E-state index is 0.0120. The molecule has 32 heavy (non-hydrogen) atoms. The molecule has 0 radical (unpaired) electrons. The fourth-order valence-electron chi connectivity index (χ4n) is 4.23. The Morgan fingerprint density at radius 3 is 2.69 bits per heavy atom. The van der Waals surface area contributed by atoms with Gasteiger partial charge in [0.2, 0.25) is 5.91 Å². The van der Waals surface area contributed by atoms with E-state index in [0.717, 1.165) is 18.7 Å². The molecule has 0 spiro atoms. The van der Waals surface area contributed by atoms with E-state index in [1.165, 1.54) is 4.57 Å². The Morgan fingerprint density at radius 1 is 1.19 bits per heavy atom. The topological polar surface area (TPSA) is 107 Å². The lowest BCUT2D eigenvalue weighted by atomic mass is 9.95. The molecule has 3 heterocycles. The number of likely N-dealkylation sites (tertiary alicyclic amines) is 1. The van der Waals surface area contributed by atoms with Gasteiger partial charge in [0, 0.05) is 56.7 Å². The second kappa shape index (κ2) is 9.32. The van der Waals surface area contributed by atoms with Crippen molar-refractivity contribution in [2.75, 3.05) is 24.6 Å². The molecule has 0 aliphatic carbocycles. The van der Waals surface area contributed by atoms with E-state index in [4.69, 9.17) is 4.42 Å². The molecule has 1 fully saturated rings. The maximum atomic E-state index is 12.7. The van der Waals surface area contributed by atoms with Crippen molar-refractivity contribution in [2.24, 2.45) is 0 Å². The molecule has 9 nitrogen and oxygen atoms in total. The number of sulfone groups is 1. The van der Waals surface area contributed by atoms with Crippen LogP contribution in [-0.4, -0.2) is 57.9 Å². The van der Waals surface area contributed by atoms with Crippen LogP contribution in [0.15, 0.2) is 45.9 Å². The van der Waals surface area contributed by atoms with Crippen molar-refractivity contribution >= 4 is 26.8 Å². The molecule has 1 saturated heterocycles. The fraction of sp³-hybridized carbons (Fsp3) is 0.500. The Balaban J connectivity index is 1.32. The highest BCUT2D eigenvalue weighted by Gasteiger charge is 2.26. The summed E-state index contributed by atoms with van der Waals surface area (Å²) >= 11 is 0. The molecule has 0 bridgehead atoms. The van der Waals surface area contributed by atoms with Gasteiger partial charge in [0.15, 0.2) is 15.4 Å². The maximum absolute atomic E-state index is 12.7. The molecule has 0 atom stereocenters. The number of hydrogen-bond acceptors (Lipinski definition) is 6. The summed E-state index contributed by atoms with van der Waals surface area (Å²) in [6.07, 6.45) is 5.32. The highest BCUT2D eigenvalue weighted by Crippen LogP contribution is 2.27. The normalized spacial score (nSPS) is 15.5. The van der Waals surface area contributed by atoms with Gasteiger partial charge in [-0.25, -0.2) is 18.2 Å². The van der Waals surface area contributed by atoms with Crippen molar-refractivity contribution in [3.8, 4) is 0 Å². The summed E-state index contributed by atoms with van der Waals surface area (Å²) < 4.78 is 32.3. The van der Waals surface area contributed by atoms with Crippen LogP contribution in [-0.2, 0) is 27.7 Å². The summed E-state index contributed by atoms with van der Waals surface area (Å²) in [6, 6.07) is 7.19. The molecular weight excluding hydrogens is 432 g/mol. The molecule has 1 aromatic carbocycles. The number of amides is 1. The number of oxazole rings is 1. The van der Waals surface area contributed by atoms with Gasteiger partial charge in [-0.1, -0.05) is 19.1 Å². The predicted molar refractivity (Wildman–Crippen MR) is 120 cm³/mol. The lowest BCUT2D eigenvalue weighted by Gasteiger charge is -2.32. The van der Waals surface area contributed by atoms with Crippen molar-refractivity contribution in [3.63, 3.8) is 0 Å². The molecule has 2 aromatic heterocycles. The molecule has 0 N–H and O–H groups in total. The van der Waals surface area contributed by atoms with Gasteiger partial charge in [0.05, 0.1) is 11.3 Å². The second-order valence-corrected chi connectivity index (χ2v) is 10.6. The summed E-state index contributed by atoms with van der Waals surface area (Å²) in [4.78, 5) is 31.1. The highest BCUT2D eigenvalue weighted by molar-refractivity contribution is 7.91. The molecule has 10 heteroatoms. The van der Waals surface area contributed by atoms with Crippen LogP contribution in [0.25, 0.3) is 11.1 Å². The molecule has 1 amide bonds. The number of nitrogens with zero attached hydrogens (tertiary/aromatic N) is 4. The van der Waals surface area contributed by atoms with Crippen molar-refractivity contribution in [1.82, 2.24) is 19.0 Å². The van der Waals surface area contributed by atoms with Crippen LogP contribution in [0.2, 0.25) is 0 Å². The molecular formula is C22H28N4O5S. The maximum Gasteiger partial charge on any atom is 0.419 e. The van der Waals surface area contributed by atoms with E-state index in [0.29, 0.717) is 30.7 Å². The Bertz CT molecular complexity index is 1250. The van der Waals surface area contributed by atoms with E-state index in [-0.39, 0.29) is 36.3 Å². The van der Waals surface area contributed by atoms with Crippen molar-refractivity contribution < 1.29 is 17.6 Å². The SMILES string of the molecule is CCS(=O)(=O)CCn1ccnc1C1CCN(C(=O)CCn2c(=O)oc3ccccc32)CC1. The number of carbonyl (C=O) groups is 1. The summed E-state index contributed by atoms with van der Waals surface area (Å²) in [7, 11) is -3.04. The van der Waals surface area contributed by atoms with Gasteiger partial charge in [-0.3, -0.25) is 9.36 Å². The van der Waals surface area contributed by atoms with E-state index in [1.54, 1.807) is 25.3 Å². The molecule has 1 aliphatic rings. The van der Waals surface area contributed by atoms with E-state index >= 15 is 0 Å². The zero-order valence-corrected chi connectivity index (χ0v) is 19.0. The van der Waals surface area contributed by atoms with E-state index in [2.05, 4.69) is 4.98 Å². The summed E-state index contributed by atoms with van der Waals surface area (Å²) in [6.45, 7) is 3.57. The minimum atomic E-state index is -3.04. The average molecular weight is 461 g/mol. The third-order valence-corrected chi connectivity index (χ3v) is 7.85. The number of piperidine rings is 1. The van der Waals surface area contributed by atoms with Gasteiger partial charge in [0.1, 0.15) is 5.82 Å². The Kier molecular flexibility index (Phi) is 6.50. The zero-order valence-electron chi connectivity index (χ0n) is 18.1. The third kappa shape index (κ3) is 4.79. The Hall–Kier alpha value is -2.88. The Morgan fingerprint density at radius 2 is 1.94 bits per heavy atom. The van der Waals surface area contributed by atoms with Gasteiger partial charge in [-0.2, -0.15) is 0 Å². The monoisotopic (exact) mass is 460 g/mol. The van der Waals surface area contributed by atoms with Gasteiger partial charge in [-0.15, -0.1) is 0 Å². The third-order valence-electron chi connectivity index (χ3n) is 6.17. The predicted octanol–water partition coefficient (Wildman–Crippen LogP) is 2.02. The molecule has 172 valence electrons. The number of imidazole rings is 1. The first-order valence-electron chi connectivity index (χ1n) is 11.0. The van der Waals surface area contributed by atoms with Gasteiger partial charge >= 0.3 is 5.76 Å². The van der Waals surface area contributed by atoms with Gasteiger partial charge in [0.25, 0.3) is 0 Å². The smallest absolute Gasteiger partial charge is 0.408 e. The van der Waals surface area contributed by atoms with Crippen LogP contribution in [0.3, 0.4) is 0 Å². The summed E-state index contributed by atoms with van der Waals surface area (Å²) in [5, 5.41) is 0. The first-order valence-corrected chi connectivity index (χ1v) is 12.8. The number of para-hydroxylation sites is 2. The highest BCUT2D eigenvalue weighted by atomic mass is 32.2. The zero-order chi connectivity index (χ0) is 22.7. The van der Waals surface area contributed by atoms with E-state index in [9.17, 15) is 18.0 Å². The number of aryl methyl sites for hydroxylation is 2. The van der Waals surface area contributed by atoms with Crippen LogP contribution in [0.5, 0.6) is 0 Å². The molecule has 3 aromatic rings. The quantitative estimate of drug-likeness (QED) is 0.509. The average Bonchev–Trinajstić information content (AvgIpc) is 3.40. The minimum Gasteiger partial charge on any atom is -0.408 e. The van der Waals surface area contributed by atoms with Crippen LogP contribution in [0, 0.1) is 0 Å². The number of fused-ring (bicyclic) bond motifs is 1. The lowest BCUT2D eigenvalue weighted by molar-refractivity contribution is -0.132.